The van der Waals surface area contributed by atoms with Crippen molar-refractivity contribution < 1.29 is 5.11 Å². The highest BCUT2D eigenvalue weighted by Gasteiger charge is 2.13. The van der Waals surface area contributed by atoms with Crippen molar-refractivity contribution in [2.24, 2.45) is 0 Å². The van der Waals surface area contributed by atoms with Gasteiger partial charge in [-0.2, -0.15) is 0 Å². The van der Waals surface area contributed by atoms with Gasteiger partial charge in [-0.05, 0) is 36.0 Å². The van der Waals surface area contributed by atoms with E-state index in [2.05, 4.69) is 45.9 Å². The summed E-state index contributed by atoms with van der Waals surface area (Å²) in [6.45, 7) is 10.7. The van der Waals surface area contributed by atoms with Crippen molar-refractivity contribution in [3.05, 3.63) is 41.8 Å². The maximum atomic E-state index is 9.18. The molecule has 1 atom stereocenters. The highest BCUT2D eigenvalue weighted by atomic mass is 16.3. The minimum absolute atomic E-state index is 0.00125. The first-order chi connectivity index (χ1) is 7.11. The van der Waals surface area contributed by atoms with E-state index in [-0.39, 0.29) is 12.5 Å². The van der Waals surface area contributed by atoms with Gasteiger partial charge in [-0.15, -0.1) is 0 Å². The minimum Gasteiger partial charge on any atom is -0.396 e. The second-order valence-corrected chi connectivity index (χ2v) is 4.30. The average Bonchev–Trinajstić information content (AvgIpc) is 2.26. The third-order valence-corrected chi connectivity index (χ3v) is 2.88. The molecule has 83 valence electrons. The van der Waals surface area contributed by atoms with Crippen LogP contribution in [0.5, 0.6) is 0 Å². The molecule has 1 radical (unpaired) electrons. The van der Waals surface area contributed by atoms with Gasteiger partial charge >= 0.3 is 0 Å². The summed E-state index contributed by atoms with van der Waals surface area (Å²) in [5.41, 5.74) is 3.95. The Kier molecular flexibility index (Phi) is 4.34. The Morgan fingerprint density at radius 2 is 1.87 bits per heavy atom. The summed E-state index contributed by atoms with van der Waals surface area (Å²) >= 11 is 0. The van der Waals surface area contributed by atoms with E-state index in [1.165, 1.54) is 16.7 Å². The van der Waals surface area contributed by atoms with Gasteiger partial charge in [-0.1, -0.05) is 39.0 Å². The fourth-order valence-electron chi connectivity index (χ4n) is 2.05. The van der Waals surface area contributed by atoms with Crippen LogP contribution in [0.2, 0.25) is 0 Å². The maximum absolute atomic E-state index is 9.18. The summed E-state index contributed by atoms with van der Waals surface area (Å²) < 4.78 is 0. The number of aliphatic hydroxyl groups is 1. The zero-order valence-corrected chi connectivity index (χ0v) is 9.96. The van der Waals surface area contributed by atoms with Gasteiger partial charge in [0.1, 0.15) is 0 Å². The molecule has 1 N–H and O–H groups in total. The maximum Gasteiger partial charge on any atom is 0.0499 e. The molecule has 0 spiro atoms. The van der Waals surface area contributed by atoms with Crippen LogP contribution in [0.4, 0.5) is 0 Å². The molecular weight excluding hydrogens is 184 g/mol. The Morgan fingerprint density at radius 3 is 2.33 bits per heavy atom. The van der Waals surface area contributed by atoms with Crippen molar-refractivity contribution in [3.8, 4) is 0 Å². The molecule has 0 aliphatic heterocycles. The number of rotatable bonds is 4. The molecule has 0 amide bonds. The largest absolute Gasteiger partial charge is 0.396 e. The molecule has 0 fully saturated rings. The molecule has 0 saturated heterocycles. The monoisotopic (exact) mass is 205 g/mol. The number of benzene rings is 1. The Bertz CT molecular complexity index is 315. The van der Waals surface area contributed by atoms with E-state index in [9.17, 15) is 5.11 Å². The lowest BCUT2D eigenvalue weighted by Gasteiger charge is -2.19. The number of hydrogen-bond donors (Lipinski definition) is 1. The van der Waals surface area contributed by atoms with Crippen molar-refractivity contribution >= 4 is 0 Å². The second-order valence-electron chi connectivity index (χ2n) is 4.30. The first-order valence-electron chi connectivity index (χ1n) is 5.67. The van der Waals surface area contributed by atoms with Crippen molar-refractivity contribution in [2.75, 3.05) is 6.61 Å². The van der Waals surface area contributed by atoms with E-state index < -0.39 is 0 Å². The predicted octanol–water partition coefficient (Wildman–Crippen LogP) is 3.28. The molecule has 1 rings (SSSR count). The lowest BCUT2D eigenvalue weighted by molar-refractivity contribution is 0.282. The molecule has 0 aromatic heterocycles. The second kappa shape index (κ2) is 5.32. The predicted molar refractivity (Wildman–Crippen MR) is 65.1 cm³/mol. The molecule has 0 bridgehead atoms. The lowest BCUT2D eigenvalue weighted by Crippen LogP contribution is -2.06. The van der Waals surface area contributed by atoms with E-state index >= 15 is 0 Å². The molecule has 15 heavy (non-hydrogen) atoms. The van der Waals surface area contributed by atoms with Gasteiger partial charge in [0.2, 0.25) is 0 Å². The van der Waals surface area contributed by atoms with Crippen molar-refractivity contribution in [1.82, 2.24) is 0 Å². The van der Waals surface area contributed by atoms with Crippen molar-refractivity contribution in [3.63, 3.8) is 0 Å². The topological polar surface area (TPSA) is 20.2 Å². The molecule has 1 nitrogen and oxygen atoms in total. The summed E-state index contributed by atoms with van der Waals surface area (Å²) in [5.74, 6) is 0.532. The molecular formula is C14H21O. The summed E-state index contributed by atoms with van der Waals surface area (Å²) in [5, 5.41) is 9.18. The smallest absolute Gasteiger partial charge is 0.0499 e. The zero-order chi connectivity index (χ0) is 11.4. The van der Waals surface area contributed by atoms with Crippen LogP contribution in [-0.4, -0.2) is 11.7 Å². The molecule has 1 unspecified atom stereocenters. The van der Waals surface area contributed by atoms with Crippen LogP contribution in [0, 0.1) is 6.92 Å². The molecule has 0 aliphatic carbocycles. The van der Waals surface area contributed by atoms with Gasteiger partial charge in [-0.25, -0.2) is 0 Å². The van der Waals surface area contributed by atoms with Crippen LogP contribution >= 0.6 is 0 Å². The zero-order valence-electron chi connectivity index (χ0n) is 9.96. The van der Waals surface area contributed by atoms with E-state index in [0.29, 0.717) is 5.92 Å². The molecule has 0 saturated carbocycles. The van der Waals surface area contributed by atoms with Gasteiger partial charge in [0.25, 0.3) is 0 Å². The van der Waals surface area contributed by atoms with Crippen molar-refractivity contribution in [2.45, 2.75) is 39.0 Å². The van der Waals surface area contributed by atoms with E-state index in [1.807, 2.05) is 0 Å². The van der Waals surface area contributed by atoms with Crippen LogP contribution < -0.4 is 0 Å². The van der Waals surface area contributed by atoms with Crippen LogP contribution in [0.1, 0.15) is 49.3 Å². The highest BCUT2D eigenvalue weighted by molar-refractivity contribution is 5.39. The highest BCUT2D eigenvalue weighted by Crippen LogP contribution is 2.27. The third kappa shape index (κ3) is 2.60. The van der Waals surface area contributed by atoms with E-state index in [0.717, 1.165) is 6.42 Å². The van der Waals surface area contributed by atoms with Gasteiger partial charge in [0.15, 0.2) is 0 Å². The number of aliphatic hydroxyl groups excluding tert-OH is 1. The summed E-state index contributed by atoms with van der Waals surface area (Å²) in [6, 6.07) is 6.33. The Labute approximate surface area is 93.1 Å². The Morgan fingerprint density at radius 1 is 1.27 bits per heavy atom. The Hall–Kier alpha value is -0.820. The van der Waals surface area contributed by atoms with Crippen LogP contribution in [0.3, 0.4) is 0 Å². The first kappa shape index (κ1) is 12.3. The third-order valence-electron chi connectivity index (χ3n) is 2.88. The standard InChI is InChI=1S/C14H21O/c1-5-12-13(10(2)3)7-6-8-14(12)11(4)9-15/h6-8,10-11,15H,4-5,9H2,1-3H3. The van der Waals surface area contributed by atoms with Crippen LogP contribution in [0.15, 0.2) is 18.2 Å². The summed E-state index contributed by atoms with van der Waals surface area (Å²) in [6.07, 6.45) is 1.01. The fraction of sp³-hybridized carbons (Fsp3) is 0.500. The van der Waals surface area contributed by atoms with Gasteiger partial charge in [-0.3, -0.25) is 0 Å². The van der Waals surface area contributed by atoms with Crippen LogP contribution in [0.25, 0.3) is 0 Å². The fourth-order valence-corrected chi connectivity index (χ4v) is 2.05. The minimum atomic E-state index is -0.00125. The summed E-state index contributed by atoms with van der Waals surface area (Å²) in [7, 11) is 0. The molecule has 0 aliphatic rings. The van der Waals surface area contributed by atoms with Gasteiger partial charge in [0, 0.05) is 12.5 Å². The van der Waals surface area contributed by atoms with Crippen molar-refractivity contribution in [1.29, 1.82) is 0 Å². The van der Waals surface area contributed by atoms with E-state index in [4.69, 9.17) is 0 Å². The molecule has 0 heterocycles. The van der Waals surface area contributed by atoms with E-state index in [1.54, 1.807) is 0 Å². The quantitative estimate of drug-likeness (QED) is 0.799. The first-order valence-corrected chi connectivity index (χ1v) is 5.67. The molecule has 1 heteroatoms. The molecule has 1 aromatic carbocycles. The normalized spacial score (nSPS) is 13.2. The number of hydrogen-bond acceptors (Lipinski definition) is 1. The summed E-state index contributed by atoms with van der Waals surface area (Å²) in [4.78, 5) is 0. The average molecular weight is 205 g/mol. The van der Waals surface area contributed by atoms with Gasteiger partial charge < -0.3 is 5.11 Å². The SMILES string of the molecule is [CH2]C(CO)c1cccc(C(C)C)c1CC. The van der Waals surface area contributed by atoms with Crippen LogP contribution in [-0.2, 0) is 6.42 Å². The van der Waals surface area contributed by atoms with Gasteiger partial charge in [0.05, 0.1) is 0 Å². The molecule has 1 aromatic rings. The Balaban J connectivity index is 3.22. The lowest BCUT2D eigenvalue weighted by atomic mass is 9.87.